The van der Waals surface area contributed by atoms with Crippen LogP contribution >= 0.6 is 0 Å². The first-order valence-corrected chi connectivity index (χ1v) is 10.2. The highest BCUT2D eigenvalue weighted by Crippen LogP contribution is 2.36. The van der Waals surface area contributed by atoms with Gasteiger partial charge in [0, 0.05) is 5.92 Å². The highest BCUT2D eigenvalue weighted by Gasteiger charge is 2.30. The van der Waals surface area contributed by atoms with Crippen molar-refractivity contribution in [2.75, 3.05) is 0 Å². The van der Waals surface area contributed by atoms with Crippen molar-refractivity contribution in [1.82, 2.24) is 10.1 Å². The molecule has 0 saturated carbocycles. The molecule has 0 fully saturated rings. The minimum Gasteiger partial charge on any atom is -0.464 e. The topological polar surface area (TPSA) is 112 Å². The highest BCUT2D eigenvalue weighted by atomic mass is 32.2. The fraction of sp³-hybridized carbons (Fsp3) is 0.368. The number of hydrogen-bond acceptors (Lipinski definition) is 6. The first-order valence-electron chi connectivity index (χ1n) is 8.63. The number of sulfonamides is 1. The van der Waals surface area contributed by atoms with Crippen molar-refractivity contribution in [3.63, 3.8) is 0 Å². The number of nitrogens with two attached hydrogens (primary N) is 1. The molecule has 8 heteroatoms. The van der Waals surface area contributed by atoms with E-state index in [9.17, 15) is 8.42 Å². The Morgan fingerprint density at radius 3 is 2.22 bits per heavy atom. The summed E-state index contributed by atoms with van der Waals surface area (Å²) in [5, 5.41) is 9.47. The minimum absolute atomic E-state index is 0.0844. The summed E-state index contributed by atoms with van der Waals surface area (Å²) in [5.74, 6) is 1.26. The third-order valence-electron chi connectivity index (χ3n) is 4.53. The zero-order chi connectivity index (χ0) is 19.9. The Balaban J connectivity index is 2.11. The van der Waals surface area contributed by atoms with Gasteiger partial charge in [0.25, 0.3) is 5.89 Å². The molecule has 0 spiro atoms. The molecule has 0 radical (unpaired) electrons. The normalized spacial score (nSPS) is 13.3. The first kappa shape index (κ1) is 19.3. The third-order valence-corrected chi connectivity index (χ3v) is 5.59. The molecule has 0 saturated heterocycles. The molecular formula is C19H23N3O4S. The second-order valence-electron chi connectivity index (χ2n) is 7.05. The standard InChI is InChI=1S/C19H23N3O4S/c1-10(2)15(14-8-6-11(3)7-9-14)18-21-19(26-22-18)16-12(4)25-13(5)17(16)27(20,23)24/h6-10,15H,1-5H3,(H2,20,23,24). The quantitative estimate of drug-likeness (QED) is 0.712. The Bertz CT molecular complexity index is 1060. The third kappa shape index (κ3) is 3.68. The number of hydrogen-bond donors (Lipinski definition) is 1. The van der Waals surface area contributed by atoms with Crippen molar-refractivity contribution in [2.45, 2.75) is 45.4 Å². The average Bonchev–Trinajstić information content (AvgIpc) is 3.12. The molecule has 27 heavy (non-hydrogen) atoms. The van der Waals surface area contributed by atoms with Crippen LogP contribution in [0, 0.1) is 26.7 Å². The maximum atomic E-state index is 12.0. The van der Waals surface area contributed by atoms with Crippen molar-refractivity contribution >= 4 is 10.0 Å². The molecule has 1 atom stereocenters. The highest BCUT2D eigenvalue weighted by molar-refractivity contribution is 7.89. The van der Waals surface area contributed by atoms with Gasteiger partial charge in [0.15, 0.2) is 5.82 Å². The van der Waals surface area contributed by atoms with Crippen molar-refractivity contribution in [3.05, 3.63) is 52.7 Å². The van der Waals surface area contributed by atoms with Crippen LogP contribution in [-0.2, 0) is 10.0 Å². The van der Waals surface area contributed by atoms with Crippen LogP contribution in [-0.4, -0.2) is 18.6 Å². The van der Waals surface area contributed by atoms with E-state index in [0.717, 1.165) is 11.1 Å². The van der Waals surface area contributed by atoms with Crippen LogP contribution in [0.3, 0.4) is 0 Å². The van der Waals surface area contributed by atoms with Gasteiger partial charge in [0.2, 0.25) is 10.0 Å². The number of aromatic nitrogens is 2. The van der Waals surface area contributed by atoms with Crippen LogP contribution < -0.4 is 5.14 Å². The number of rotatable bonds is 5. The lowest BCUT2D eigenvalue weighted by molar-refractivity contribution is 0.408. The Hall–Kier alpha value is -2.45. The lowest BCUT2D eigenvalue weighted by Gasteiger charge is -2.17. The summed E-state index contributed by atoms with van der Waals surface area (Å²) in [6, 6.07) is 8.15. The van der Waals surface area contributed by atoms with Gasteiger partial charge >= 0.3 is 0 Å². The van der Waals surface area contributed by atoms with E-state index in [2.05, 4.69) is 24.0 Å². The molecule has 0 bridgehead atoms. The van der Waals surface area contributed by atoms with E-state index >= 15 is 0 Å². The van der Waals surface area contributed by atoms with E-state index in [0.29, 0.717) is 11.6 Å². The molecule has 2 aromatic heterocycles. The second-order valence-corrected chi connectivity index (χ2v) is 8.55. The lowest BCUT2D eigenvalue weighted by atomic mass is 9.87. The lowest BCUT2D eigenvalue weighted by Crippen LogP contribution is -2.13. The van der Waals surface area contributed by atoms with E-state index in [1.807, 2.05) is 31.2 Å². The van der Waals surface area contributed by atoms with Gasteiger partial charge in [0.1, 0.15) is 22.0 Å². The molecule has 144 valence electrons. The van der Waals surface area contributed by atoms with E-state index in [1.165, 1.54) is 6.92 Å². The van der Waals surface area contributed by atoms with Crippen LogP contribution in [0.4, 0.5) is 0 Å². The molecule has 0 aliphatic carbocycles. The van der Waals surface area contributed by atoms with Crippen LogP contribution in [0.25, 0.3) is 11.5 Å². The fourth-order valence-corrected chi connectivity index (χ4v) is 4.28. The van der Waals surface area contributed by atoms with E-state index in [-0.39, 0.29) is 33.9 Å². The Morgan fingerprint density at radius 2 is 1.67 bits per heavy atom. The maximum Gasteiger partial charge on any atom is 0.262 e. The Labute approximate surface area is 158 Å². The van der Waals surface area contributed by atoms with Gasteiger partial charge in [-0.25, -0.2) is 13.6 Å². The number of primary sulfonamides is 1. The summed E-state index contributed by atoms with van der Waals surface area (Å²) < 4.78 is 34.9. The summed E-state index contributed by atoms with van der Waals surface area (Å²) in [5.41, 5.74) is 2.45. The van der Waals surface area contributed by atoms with E-state index < -0.39 is 10.0 Å². The molecule has 3 aromatic rings. The Morgan fingerprint density at radius 1 is 1.04 bits per heavy atom. The number of aryl methyl sites for hydroxylation is 3. The van der Waals surface area contributed by atoms with Crippen molar-refractivity contribution in [1.29, 1.82) is 0 Å². The number of nitrogens with zero attached hydrogens (tertiary/aromatic N) is 2. The smallest absolute Gasteiger partial charge is 0.262 e. The molecule has 0 amide bonds. The zero-order valence-corrected chi connectivity index (χ0v) is 16.8. The van der Waals surface area contributed by atoms with Gasteiger partial charge in [-0.1, -0.05) is 48.8 Å². The predicted octanol–water partition coefficient (Wildman–Crippen LogP) is 3.69. The molecule has 3 rings (SSSR count). The summed E-state index contributed by atoms with van der Waals surface area (Å²) in [6.45, 7) is 9.35. The molecule has 1 unspecified atom stereocenters. The average molecular weight is 389 g/mol. The van der Waals surface area contributed by atoms with Gasteiger partial charge in [-0.3, -0.25) is 0 Å². The summed E-state index contributed by atoms with van der Waals surface area (Å²) in [6.07, 6.45) is 0. The predicted molar refractivity (Wildman–Crippen MR) is 101 cm³/mol. The maximum absolute atomic E-state index is 12.0. The van der Waals surface area contributed by atoms with Crippen LogP contribution in [0.1, 0.15) is 48.2 Å². The summed E-state index contributed by atoms with van der Waals surface area (Å²) in [7, 11) is -4.00. The summed E-state index contributed by atoms with van der Waals surface area (Å²) >= 11 is 0. The van der Waals surface area contributed by atoms with Gasteiger partial charge in [0.05, 0.1) is 0 Å². The first-order chi connectivity index (χ1) is 12.6. The second kappa shape index (κ2) is 6.94. The van der Waals surface area contributed by atoms with Crippen LogP contribution in [0.2, 0.25) is 0 Å². The largest absolute Gasteiger partial charge is 0.464 e. The molecule has 7 nitrogen and oxygen atoms in total. The van der Waals surface area contributed by atoms with Crippen LogP contribution in [0.15, 0.2) is 38.1 Å². The van der Waals surface area contributed by atoms with Crippen molar-refractivity contribution < 1.29 is 17.4 Å². The van der Waals surface area contributed by atoms with Crippen molar-refractivity contribution in [3.8, 4) is 11.5 Å². The van der Waals surface area contributed by atoms with Crippen LogP contribution in [0.5, 0.6) is 0 Å². The molecule has 0 aliphatic heterocycles. The monoisotopic (exact) mass is 389 g/mol. The molecular weight excluding hydrogens is 366 g/mol. The summed E-state index contributed by atoms with van der Waals surface area (Å²) in [4.78, 5) is 4.37. The van der Waals surface area contributed by atoms with Crippen molar-refractivity contribution in [2.24, 2.45) is 11.1 Å². The van der Waals surface area contributed by atoms with Gasteiger partial charge in [-0.2, -0.15) is 4.98 Å². The molecule has 2 N–H and O–H groups in total. The van der Waals surface area contributed by atoms with Gasteiger partial charge in [-0.05, 0) is 32.3 Å². The zero-order valence-electron chi connectivity index (χ0n) is 16.0. The molecule has 1 aromatic carbocycles. The SMILES string of the molecule is Cc1ccc(C(c2noc(-c3c(C)oc(C)c3S(N)(=O)=O)n2)C(C)C)cc1. The fourth-order valence-electron chi connectivity index (χ4n) is 3.32. The molecule has 2 heterocycles. The van der Waals surface area contributed by atoms with E-state index in [1.54, 1.807) is 6.92 Å². The minimum atomic E-state index is -4.00. The van der Waals surface area contributed by atoms with E-state index in [4.69, 9.17) is 14.1 Å². The van der Waals surface area contributed by atoms with Gasteiger partial charge < -0.3 is 8.94 Å². The number of benzene rings is 1. The Kier molecular flexibility index (Phi) is 4.96. The number of furan rings is 1. The molecule has 0 aliphatic rings. The van der Waals surface area contributed by atoms with Gasteiger partial charge in [-0.15, -0.1) is 0 Å².